The van der Waals surface area contributed by atoms with E-state index in [9.17, 15) is 9.59 Å². The van der Waals surface area contributed by atoms with Gasteiger partial charge in [0, 0.05) is 13.5 Å². The Labute approximate surface area is 137 Å². The summed E-state index contributed by atoms with van der Waals surface area (Å²) >= 11 is 0. The van der Waals surface area contributed by atoms with Crippen molar-refractivity contribution in [2.24, 2.45) is 5.73 Å². The number of carbonyl (C=O) groups excluding carboxylic acids is 2. The maximum atomic E-state index is 12.5. The molecule has 0 bridgehead atoms. The largest absolute Gasteiger partial charge is 0.455 e. The Hall–Kier alpha value is -2.14. The zero-order valence-corrected chi connectivity index (χ0v) is 13.6. The fourth-order valence-corrected chi connectivity index (χ4v) is 2.62. The van der Waals surface area contributed by atoms with Crippen LogP contribution in [0.2, 0.25) is 0 Å². The van der Waals surface area contributed by atoms with Crippen molar-refractivity contribution in [3.63, 3.8) is 0 Å². The average molecular weight is 316 g/mol. The number of benzene rings is 1. The molecule has 0 fully saturated rings. The Kier molecular flexibility index (Phi) is 5.93. The zero-order valence-electron chi connectivity index (χ0n) is 13.6. The van der Waals surface area contributed by atoms with Gasteiger partial charge in [0.1, 0.15) is 6.10 Å². The lowest BCUT2D eigenvalue weighted by molar-refractivity contribution is -0.155. The van der Waals surface area contributed by atoms with Crippen molar-refractivity contribution >= 4 is 11.9 Å². The molecule has 1 aromatic rings. The van der Waals surface area contributed by atoms with E-state index in [-0.39, 0.29) is 17.9 Å². The van der Waals surface area contributed by atoms with E-state index >= 15 is 0 Å². The molecule has 1 aliphatic rings. The normalized spacial score (nSPS) is 28.5. The fraction of sp³-hybridized carbons (Fsp3) is 0.444. The van der Waals surface area contributed by atoms with Crippen LogP contribution in [0.4, 0.5) is 0 Å². The quantitative estimate of drug-likeness (QED) is 0.637. The predicted octanol–water partition coefficient (Wildman–Crippen LogP) is 2.19. The maximum absolute atomic E-state index is 12.5. The second-order valence-electron chi connectivity index (χ2n) is 5.86. The van der Waals surface area contributed by atoms with Crippen LogP contribution in [-0.4, -0.2) is 35.9 Å². The topological polar surface area (TPSA) is 72.6 Å². The summed E-state index contributed by atoms with van der Waals surface area (Å²) in [7, 11) is 1.70. The van der Waals surface area contributed by atoms with E-state index in [1.165, 1.54) is 0 Å². The van der Waals surface area contributed by atoms with Crippen molar-refractivity contribution < 1.29 is 14.3 Å². The first-order valence-corrected chi connectivity index (χ1v) is 7.92. The molecule has 2 rings (SSSR count). The molecule has 0 spiro atoms. The Balaban J connectivity index is 2.32. The van der Waals surface area contributed by atoms with Gasteiger partial charge in [0.2, 0.25) is 5.91 Å². The van der Waals surface area contributed by atoms with Crippen LogP contribution in [-0.2, 0) is 14.3 Å². The van der Waals surface area contributed by atoms with Gasteiger partial charge in [-0.3, -0.25) is 9.59 Å². The first-order valence-electron chi connectivity index (χ1n) is 7.92. The van der Waals surface area contributed by atoms with E-state index in [1.54, 1.807) is 11.9 Å². The smallest absolute Gasteiger partial charge is 0.306 e. The van der Waals surface area contributed by atoms with E-state index in [1.807, 2.05) is 49.4 Å². The van der Waals surface area contributed by atoms with Gasteiger partial charge < -0.3 is 15.4 Å². The molecule has 0 radical (unpaired) electrons. The Morgan fingerprint density at radius 3 is 2.57 bits per heavy atom. The molecule has 5 nitrogen and oxygen atoms in total. The number of likely N-dealkylation sites (N-methyl/N-ethyl adjacent to an activating group) is 1. The van der Waals surface area contributed by atoms with Crippen LogP contribution in [0, 0.1) is 0 Å². The number of hydrogen-bond acceptors (Lipinski definition) is 4. The van der Waals surface area contributed by atoms with Crippen LogP contribution < -0.4 is 5.73 Å². The minimum absolute atomic E-state index is 0.153. The zero-order chi connectivity index (χ0) is 16.8. The van der Waals surface area contributed by atoms with Crippen molar-refractivity contribution in [3.05, 3.63) is 48.0 Å². The van der Waals surface area contributed by atoms with Gasteiger partial charge in [-0.25, -0.2) is 0 Å². The van der Waals surface area contributed by atoms with Crippen LogP contribution in [0.1, 0.15) is 37.9 Å². The fourth-order valence-electron chi connectivity index (χ4n) is 2.62. The summed E-state index contributed by atoms with van der Waals surface area (Å²) in [5, 5.41) is 0. The van der Waals surface area contributed by atoms with Gasteiger partial charge in [0.15, 0.2) is 0 Å². The second-order valence-corrected chi connectivity index (χ2v) is 5.86. The van der Waals surface area contributed by atoms with Gasteiger partial charge in [-0.15, -0.1) is 0 Å². The summed E-state index contributed by atoms with van der Waals surface area (Å²) < 4.78 is 5.67. The van der Waals surface area contributed by atoms with Crippen molar-refractivity contribution in [2.75, 3.05) is 7.05 Å². The Morgan fingerprint density at radius 2 is 1.87 bits per heavy atom. The molecular formula is C18H24N2O3. The molecule has 0 aliphatic carbocycles. The standard InChI is InChI=1S/C18H24N2O3/c1-13-17(14-9-5-3-6-10-14)23-16(21)12-8-4-7-11-15(19)18(22)20(13)2/h3-7,9-10,13,15,17H,8,11-12,19H2,1-2H3/b7-4-/t13-,15+,17+/m0/s1. The molecule has 0 aromatic heterocycles. The molecule has 1 aliphatic heterocycles. The molecule has 0 unspecified atom stereocenters. The highest BCUT2D eigenvalue weighted by Gasteiger charge is 2.31. The SMILES string of the molecule is C[C@H]1[C@H](c2ccccc2)OC(=O)CC/C=C\C[C@@H](N)C(=O)N1C. The number of allylic oxidation sites excluding steroid dienone is 1. The molecule has 1 aromatic carbocycles. The molecule has 5 heteroatoms. The number of nitrogens with zero attached hydrogens (tertiary/aromatic N) is 1. The lowest BCUT2D eigenvalue weighted by atomic mass is 10.0. The first kappa shape index (κ1) is 17.2. The van der Waals surface area contributed by atoms with Gasteiger partial charge in [0.25, 0.3) is 0 Å². The van der Waals surface area contributed by atoms with Gasteiger partial charge in [-0.2, -0.15) is 0 Å². The van der Waals surface area contributed by atoms with E-state index in [0.717, 1.165) is 5.56 Å². The summed E-state index contributed by atoms with van der Waals surface area (Å²) in [5.41, 5.74) is 6.84. The average Bonchev–Trinajstić information content (AvgIpc) is 2.57. The molecule has 0 saturated heterocycles. The highest BCUT2D eigenvalue weighted by Crippen LogP contribution is 2.26. The van der Waals surface area contributed by atoms with E-state index in [0.29, 0.717) is 19.3 Å². The molecule has 1 heterocycles. The molecule has 124 valence electrons. The highest BCUT2D eigenvalue weighted by molar-refractivity contribution is 5.82. The molecule has 1 amide bonds. The Bertz CT molecular complexity index is 571. The molecule has 2 N–H and O–H groups in total. The molecule has 0 saturated carbocycles. The lowest BCUT2D eigenvalue weighted by Gasteiger charge is -2.33. The number of rotatable bonds is 1. The van der Waals surface area contributed by atoms with Crippen molar-refractivity contribution in [1.29, 1.82) is 0 Å². The third kappa shape index (κ3) is 4.42. The summed E-state index contributed by atoms with van der Waals surface area (Å²) in [4.78, 5) is 26.1. The minimum atomic E-state index is -0.578. The number of ether oxygens (including phenoxy) is 1. The number of cyclic esters (lactones) is 1. The Morgan fingerprint density at radius 1 is 1.17 bits per heavy atom. The number of carbonyl (C=O) groups is 2. The summed E-state index contributed by atoms with van der Waals surface area (Å²) in [6, 6.07) is 8.61. The van der Waals surface area contributed by atoms with Crippen LogP contribution in [0.5, 0.6) is 0 Å². The number of amides is 1. The molecule has 3 atom stereocenters. The van der Waals surface area contributed by atoms with E-state index in [4.69, 9.17) is 10.5 Å². The predicted molar refractivity (Wildman–Crippen MR) is 88.5 cm³/mol. The summed E-state index contributed by atoms with van der Waals surface area (Å²) in [6.45, 7) is 1.87. The van der Waals surface area contributed by atoms with Crippen LogP contribution in [0.3, 0.4) is 0 Å². The van der Waals surface area contributed by atoms with Crippen molar-refractivity contribution in [1.82, 2.24) is 4.90 Å². The summed E-state index contributed by atoms with van der Waals surface area (Å²) in [5.74, 6) is -0.416. The third-order valence-corrected chi connectivity index (χ3v) is 4.17. The minimum Gasteiger partial charge on any atom is -0.455 e. The van der Waals surface area contributed by atoms with Gasteiger partial charge >= 0.3 is 5.97 Å². The number of hydrogen-bond donors (Lipinski definition) is 1. The van der Waals surface area contributed by atoms with E-state index < -0.39 is 12.1 Å². The molecule has 23 heavy (non-hydrogen) atoms. The first-order chi connectivity index (χ1) is 11.0. The van der Waals surface area contributed by atoms with Crippen LogP contribution in [0.25, 0.3) is 0 Å². The van der Waals surface area contributed by atoms with Crippen molar-refractivity contribution in [2.45, 2.75) is 44.4 Å². The monoisotopic (exact) mass is 316 g/mol. The maximum Gasteiger partial charge on any atom is 0.306 e. The number of esters is 1. The number of nitrogens with two attached hydrogens (primary N) is 1. The lowest BCUT2D eigenvalue weighted by Crippen LogP contribution is -2.48. The van der Waals surface area contributed by atoms with Gasteiger partial charge in [-0.05, 0) is 25.3 Å². The second kappa shape index (κ2) is 7.92. The van der Waals surface area contributed by atoms with E-state index in [2.05, 4.69) is 0 Å². The van der Waals surface area contributed by atoms with Gasteiger partial charge in [0.05, 0.1) is 12.1 Å². The highest BCUT2D eigenvalue weighted by atomic mass is 16.5. The summed E-state index contributed by atoms with van der Waals surface area (Å²) in [6.07, 6.45) is 4.60. The van der Waals surface area contributed by atoms with Gasteiger partial charge in [-0.1, -0.05) is 42.5 Å². The van der Waals surface area contributed by atoms with Crippen LogP contribution >= 0.6 is 0 Å². The van der Waals surface area contributed by atoms with Crippen LogP contribution in [0.15, 0.2) is 42.5 Å². The molecular weight excluding hydrogens is 292 g/mol. The third-order valence-electron chi connectivity index (χ3n) is 4.17. The van der Waals surface area contributed by atoms with Crippen molar-refractivity contribution in [3.8, 4) is 0 Å².